The van der Waals surface area contributed by atoms with Gasteiger partial charge in [-0.3, -0.25) is 0 Å². The van der Waals surface area contributed by atoms with E-state index in [0.717, 1.165) is 31.7 Å². The van der Waals surface area contributed by atoms with Crippen molar-refractivity contribution in [3.63, 3.8) is 0 Å². The van der Waals surface area contributed by atoms with Crippen LogP contribution in [0.25, 0.3) is 0 Å². The molecule has 2 aliphatic heterocycles. The summed E-state index contributed by atoms with van der Waals surface area (Å²) in [7, 11) is -3.00. The summed E-state index contributed by atoms with van der Waals surface area (Å²) in [6.45, 7) is 1.88. The van der Waals surface area contributed by atoms with E-state index in [-0.39, 0.29) is 23.6 Å². The predicted molar refractivity (Wildman–Crippen MR) is 84.9 cm³/mol. The Morgan fingerprint density at radius 3 is 2.77 bits per heavy atom. The van der Waals surface area contributed by atoms with Gasteiger partial charge in [-0.1, -0.05) is 0 Å². The molecule has 1 aromatic heterocycles. The molecule has 0 aliphatic carbocycles. The molecular formula is C14H20N4O3S. The van der Waals surface area contributed by atoms with E-state index >= 15 is 0 Å². The van der Waals surface area contributed by atoms with Crippen LogP contribution >= 0.6 is 0 Å². The molecule has 8 heteroatoms. The number of anilines is 2. The largest absolute Gasteiger partial charge is 0.355 e. The van der Waals surface area contributed by atoms with Crippen LogP contribution in [0.15, 0.2) is 18.3 Å². The summed E-state index contributed by atoms with van der Waals surface area (Å²) in [5.74, 6) is 0.935. The first kappa shape index (κ1) is 15.1. The molecular weight excluding hydrogens is 304 g/mol. The van der Waals surface area contributed by atoms with Crippen LogP contribution in [0.1, 0.15) is 19.3 Å². The van der Waals surface area contributed by atoms with E-state index in [0.29, 0.717) is 12.1 Å². The van der Waals surface area contributed by atoms with E-state index in [1.165, 1.54) is 0 Å². The monoisotopic (exact) mass is 324 g/mol. The molecule has 2 saturated heterocycles. The Balaban J connectivity index is 1.64. The summed E-state index contributed by atoms with van der Waals surface area (Å²) in [5.41, 5.74) is 0.655. The lowest BCUT2D eigenvalue weighted by Gasteiger charge is -2.20. The fourth-order valence-corrected chi connectivity index (χ4v) is 4.60. The summed E-state index contributed by atoms with van der Waals surface area (Å²) in [6.07, 6.45) is 4.44. The SMILES string of the molecule is O=C(Nc1cccnc1N1CCCC1)NC1CCS(=O)(=O)C1. The topological polar surface area (TPSA) is 91.4 Å². The summed E-state index contributed by atoms with van der Waals surface area (Å²) in [6, 6.07) is 2.90. The fourth-order valence-electron chi connectivity index (χ4n) is 2.93. The van der Waals surface area contributed by atoms with Gasteiger partial charge in [0.15, 0.2) is 15.7 Å². The highest BCUT2D eigenvalue weighted by atomic mass is 32.2. The Morgan fingerprint density at radius 1 is 1.32 bits per heavy atom. The number of pyridine rings is 1. The van der Waals surface area contributed by atoms with Crippen molar-refractivity contribution in [3.05, 3.63) is 18.3 Å². The molecule has 2 fully saturated rings. The van der Waals surface area contributed by atoms with Gasteiger partial charge in [-0.15, -0.1) is 0 Å². The van der Waals surface area contributed by atoms with Crippen LogP contribution in [-0.2, 0) is 9.84 Å². The van der Waals surface area contributed by atoms with E-state index in [9.17, 15) is 13.2 Å². The third-order valence-electron chi connectivity index (χ3n) is 4.01. The van der Waals surface area contributed by atoms with Crippen molar-refractivity contribution in [2.75, 3.05) is 34.8 Å². The number of aromatic nitrogens is 1. The van der Waals surface area contributed by atoms with Gasteiger partial charge in [-0.05, 0) is 31.4 Å². The second kappa shape index (κ2) is 6.12. The number of rotatable bonds is 3. The minimum Gasteiger partial charge on any atom is -0.355 e. The van der Waals surface area contributed by atoms with Crippen LogP contribution in [0, 0.1) is 0 Å². The minimum absolute atomic E-state index is 0.0203. The number of amides is 2. The number of nitrogens with zero attached hydrogens (tertiary/aromatic N) is 2. The molecule has 7 nitrogen and oxygen atoms in total. The number of sulfone groups is 1. The van der Waals surface area contributed by atoms with Crippen LogP contribution in [0.3, 0.4) is 0 Å². The van der Waals surface area contributed by atoms with E-state index in [2.05, 4.69) is 20.5 Å². The van der Waals surface area contributed by atoms with Crippen LogP contribution in [0.5, 0.6) is 0 Å². The molecule has 0 radical (unpaired) electrons. The third-order valence-corrected chi connectivity index (χ3v) is 5.78. The Labute approximate surface area is 130 Å². The molecule has 2 aliphatic rings. The van der Waals surface area contributed by atoms with Gasteiger partial charge < -0.3 is 15.5 Å². The normalized spacial score (nSPS) is 23.5. The quantitative estimate of drug-likeness (QED) is 0.865. The zero-order chi connectivity index (χ0) is 15.6. The fraction of sp³-hybridized carbons (Fsp3) is 0.571. The number of hydrogen-bond acceptors (Lipinski definition) is 5. The van der Waals surface area contributed by atoms with E-state index < -0.39 is 9.84 Å². The van der Waals surface area contributed by atoms with Crippen LogP contribution in [-0.4, -0.2) is 50.1 Å². The lowest BCUT2D eigenvalue weighted by atomic mass is 10.3. The van der Waals surface area contributed by atoms with Gasteiger partial charge in [0, 0.05) is 25.3 Å². The van der Waals surface area contributed by atoms with Crippen molar-refractivity contribution >= 4 is 27.4 Å². The lowest BCUT2D eigenvalue weighted by Crippen LogP contribution is -2.39. The van der Waals surface area contributed by atoms with Crippen molar-refractivity contribution in [1.82, 2.24) is 10.3 Å². The summed E-state index contributed by atoms with van der Waals surface area (Å²) in [4.78, 5) is 18.6. The van der Waals surface area contributed by atoms with Crippen LogP contribution in [0.4, 0.5) is 16.3 Å². The third kappa shape index (κ3) is 3.49. The van der Waals surface area contributed by atoms with Gasteiger partial charge in [-0.25, -0.2) is 18.2 Å². The first-order valence-electron chi connectivity index (χ1n) is 7.51. The molecule has 2 amide bonds. The summed E-state index contributed by atoms with van der Waals surface area (Å²) in [5, 5.41) is 5.52. The van der Waals surface area contributed by atoms with E-state index in [4.69, 9.17) is 0 Å². The standard InChI is InChI=1S/C14H20N4O3S/c19-14(16-11-5-9-22(20,21)10-11)17-12-4-3-6-15-13(12)18-7-1-2-8-18/h3-4,6,11H,1-2,5,7-10H2,(H2,16,17,19). The van der Waals surface area contributed by atoms with Gasteiger partial charge in [0.25, 0.3) is 0 Å². The maximum Gasteiger partial charge on any atom is 0.319 e. The molecule has 2 N–H and O–H groups in total. The van der Waals surface area contributed by atoms with E-state index in [1.54, 1.807) is 12.3 Å². The zero-order valence-corrected chi connectivity index (χ0v) is 13.1. The molecule has 1 atom stereocenters. The Kier molecular flexibility index (Phi) is 4.19. The summed E-state index contributed by atoms with van der Waals surface area (Å²) < 4.78 is 22.8. The highest BCUT2D eigenvalue weighted by Crippen LogP contribution is 2.26. The Hall–Kier alpha value is -1.83. The van der Waals surface area contributed by atoms with E-state index in [1.807, 2.05) is 6.07 Å². The molecule has 3 rings (SSSR count). The average molecular weight is 324 g/mol. The number of carbonyl (C=O) groups is 1. The van der Waals surface area contributed by atoms with Crippen molar-refractivity contribution in [3.8, 4) is 0 Å². The maximum absolute atomic E-state index is 12.1. The van der Waals surface area contributed by atoms with Crippen molar-refractivity contribution in [1.29, 1.82) is 0 Å². The molecule has 3 heterocycles. The number of nitrogens with one attached hydrogen (secondary N) is 2. The highest BCUT2D eigenvalue weighted by molar-refractivity contribution is 7.91. The second-order valence-electron chi connectivity index (χ2n) is 5.77. The Morgan fingerprint density at radius 2 is 2.09 bits per heavy atom. The molecule has 0 saturated carbocycles. The second-order valence-corrected chi connectivity index (χ2v) is 8.00. The average Bonchev–Trinajstić information content (AvgIpc) is 3.09. The van der Waals surface area contributed by atoms with Gasteiger partial charge in [0.1, 0.15) is 0 Å². The Bertz CT molecular complexity index is 656. The maximum atomic E-state index is 12.1. The number of carbonyl (C=O) groups excluding carboxylic acids is 1. The molecule has 22 heavy (non-hydrogen) atoms. The molecule has 1 aromatic rings. The predicted octanol–water partition coefficient (Wildman–Crippen LogP) is 0.990. The van der Waals surface area contributed by atoms with Gasteiger partial charge in [0.2, 0.25) is 0 Å². The van der Waals surface area contributed by atoms with Crippen molar-refractivity contribution < 1.29 is 13.2 Å². The minimum atomic E-state index is -3.00. The van der Waals surface area contributed by atoms with Gasteiger partial charge in [-0.2, -0.15) is 0 Å². The first-order chi connectivity index (χ1) is 10.5. The molecule has 120 valence electrons. The smallest absolute Gasteiger partial charge is 0.319 e. The highest BCUT2D eigenvalue weighted by Gasteiger charge is 2.29. The van der Waals surface area contributed by atoms with Crippen LogP contribution < -0.4 is 15.5 Å². The summed E-state index contributed by atoms with van der Waals surface area (Å²) >= 11 is 0. The molecule has 1 unspecified atom stereocenters. The number of hydrogen-bond donors (Lipinski definition) is 2. The lowest BCUT2D eigenvalue weighted by molar-refractivity contribution is 0.249. The number of urea groups is 1. The first-order valence-corrected chi connectivity index (χ1v) is 9.33. The van der Waals surface area contributed by atoms with Gasteiger partial charge in [0.05, 0.1) is 17.2 Å². The van der Waals surface area contributed by atoms with Gasteiger partial charge >= 0.3 is 6.03 Å². The van der Waals surface area contributed by atoms with Crippen molar-refractivity contribution in [2.24, 2.45) is 0 Å². The molecule has 0 spiro atoms. The van der Waals surface area contributed by atoms with Crippen molar-refractivity contribution in [2.45, 2.75) is 25.3 Å². The molecule has 0 aromatic carbocycles. The van der Waals surface area contributed by atoms with Crippen LogP contribution in [0.2, 0.25) is 0 Å². The zero-order valence-electron chi connectivity index (χ0n) is 12.3. The molecule has 0 bridgehead atoms.